The molecule has 0 saturated heterocycles. The Bertz CT molecular complexity index is 1150. The van der Waals surface area contributed by atoms with Crippen molar-refractivity contribution in [3.05, 3.63) is 71.9 Å². The van der Waals surface area contributed by atoms with Gasteiger partial charge in [0.25, 0.3) is 0 Å². The van der Waals surface area contributed by atoms with Crippen LogP contribution in [0.3, 0.4) is 0 Å². The Morgan fingerprint density at radius 2 is 1.50 bits per heavy atom. The lowest BCUT2D eigenvalue weighted by atomic mass is 10.1. The predicted octanol–water partition coefficient (Wildman–Crippen LogP) is 7.66. The second-order valence-corrected chi connectivity index (χ2v) is 10.9. The predicted molar refractivity (Wildman–Crippen MR) is 170 cm³/mol. The molecule has 0 radical (unpaired) electrons. The van der Waals surface area contributed by atoms with Gasteiger partial charge in [-0.2, -0.15) is 0 Å². The first-order chi connectivity index (χ1) is 19.7. The highest BCUT2D eigenvalue weighted by molar-refractivity contribution is 5.94. The SMILES string of the molecule is CCCCCCN(CCCCCC)c1nc(CCCc2ccccc2)cc(-c2ccc(NC3=NCCN3)cc2)n1. The van der Waals surface area contributed by atoms with Gasteiger partial charge in [-0.3, -0.25) is 4.99 Å². The van der Waals surface area contributed by atoms with E-state index in [0.717, 1.165) is 80.0 Å². The Hall–Kier alpha value is -3.41. The Morgan fingerprint density at radius 1 is 0.775 bits per heavy atom. The molecule has 2 heterocycles. The minimum Gasteiger partial charge on any atom is -0.354 e. The smallest absolute Gasteiger partial charge is 0.226 e. The summed E-state index contributed by atoms with van der Waals surface area (Å²) in [7, 11) is 0. The summed E-state index contributed by atoms with van der Waals surface area (Å²) in [5, 5.41) is 6.64. The third-order valence-corrected chi connectivity index (χ3v) is 7.47. The third-order valence-electron chi connectivity index (χ3n) is 7.47. The summed E-state index contributed by atoms with van der Waals surface area (Å²) in [4.78, 5) is 17.2. The third kappa shape index (κ3) is 9.65. The van der Waals surface area contributed by atoms with Gasteiger partial charge in [0.1, 0.15) is 0 Å². The van der Waals surface area contributed by atoms with Crippen molar-refractivity contribution >= 4 is 17.6 Å². The van der Waals surface area contributed by atoms with Crippen molar-refractivity contribution in [1.29, 1.82) is 0 Å². The van der Waals surface area contributed by atoms with E-state index in [4.69, 9.17) is 9.97 Å². The van der Waals surface area contributed by atoms with Gasteiger partial charge in [0.2, 0.25) is 5.95 Å². The maximum atomic E-state index is 5.16. The lowest BCUT2D eigenvalue weighted by Crippen LogP contribution is -2.28. The van der Waals surface area contributed by atoms with Gasteiger partial charge in [-0.15, -0.1) is 0 Å². The summed E-state index contributed by atoms with van der Waals surface area (Å²) in [6.07, 6.45) is 13.1. The van der Waals surface area contributed by atoms with Gasteiger partial charge in [-0.25, -0.2) is 9.97 Å². The number of guanidine groups is 1. The number of unbranched alkanes of at least 4 members (excludes halogenated alkanes) is 6. The van der Waals surface area contributed by atoms with Crippen molar-refractivity contribution in [2.75, 3.05) is 36.4 Å². The van der Waals surface area contributed by atoms with E-state index in [1.807, 2.05) is 0 Å². The zero-order valence-corrected chi connectivity index (χ0v) is 24.7. The summed E-state index contributed by atoms with van der Waals surface area (Å²) >= 11 is 0. The molecule has 3 aromatic rings. The normalized spacial score (nSPS) is 12.7. The molecule has 0 fully saturated rings. The average Bonchev–Trinajstić information content (AvgIpc) is 3.50. The van der Waals surface area contributed by atoms with E-state index in [1.165, 1.54) is 56.9 Å². The van der Waals surface area contributed by atoms with Gasteiger partial charge in [-0.05, 0) is 55.9 Å². The van der Waals surface area contributed by atoms with Crippen molar-refractivity contribution in [3.8, 4) is 11.3 Å². The largest absolute Gasteiger partial charge is 0.354 e. The first-order valence-corrected chi connectivity index (χ1v) is 15.6. The highest BCUT2D eigenvalue weighted by Crippen LogP contribution is 2.24. The van der Waals surface area contributed by atoms with Crippen LogP contribution in [0, 0.1) is 0 Å². The number of anilines is 2. The molecule has 214 valence electrons. The molecule has 1 aromatic heterocycles. The van der Waals surface area contributed by atoms with Crippen LogP contribution < -0.4 is 15.5 Å². The number of benzene rings is 2. The summed E-state index contributed by atoms with van der Waals surface area (Å²) in [6.45, 7) is 8.31. The number of hydrogen-bond acceptors (Lipinski definition) is 6. The molecule has 0 aliphatic carbocycles. The maximum absolute atomic E-state index is 5.16. The summed E-state index contributed by atoms with van der Waals surface area (Å²) in [5.74, 6) is 1.74. The maximum Gasteiger partial charge on any atom is 0.226 e. The van der Waals surface area contributed by atoms with Gasteiger partial charge >= 0.3 is 0 Å². The van der Waals surface area contributed by atoms with Crippen molar-refractivity contribution in [2.45, 2.75) is 84.5 Å². The van der Waals surface area contributed by atoms with E-state index >= 15 is 0 Å². The quantitative estimate of drug-likeness (QED) is 0.172. The minimum atomic E-state index is 0.824. The van der Waals surface area contributed by atoms with E-state index in [-0.39, 0.29) is 0 Å². The standard InChI is InChI=1S/C34H48N6/c1-3-5-7-12-25-40(26-13-8-6-4-2)34-38-31(18-14-17-28-15-10-9-11-16-28)27-32(39-34)29-19-21-30(22-20-29)37-33-35-23-24-36-33/h9-11,15-16,19-22,27H,3-8,12-14,17-18,23-26H2,1-2H3,(H2,35,36,37). The highest BCUT2D eigenvalue weighted by Gasteiger charge is 2.14. The fourth-order valence-electron chi connectivity index (χ4n) is 5.13. The number of aromatic nitrogens is 2. The monoisotopic (exact) mass is 540 g/mol. The molecule has 2 N–H and O–H groups in total. The van der Waals surface area contributed by atoms with Crippen LogP contribution in [0.1, 0.15) is 82.9 Å². The molecular formula is C34H48N6. The summed E-state index contributed by atoms with van der Waals surface area (Å²) in [5.41, 5.74) is 5.68. The molecule has 0 unspecified atom stereocenters. The van der Waals surface area contributed by atoms with Crippen molar-refractivity contribution < 1.29 is 0 Å². The molecule has 1 aliphatic heterocycles. The molecule has 0 saturated carbocycles. The summed E-state index contributed by atoms with van der Waals surface area (Å²) < 4.78 is 0. The van der Waals surface area contributed by atoms with E-state index in [9.17, 15) is 0 Å². The number of aryl methyl sites for hydroxylation is 2. The number of hydrogen-bond donors (Lipinski definition) is 2. The van der Waals surface area contributed by atoms with Crippen LogP contribution in [-0.2, 0) is 12.8 Å². The van der Waals surface area contributed by atoms with E-state index < -0.39 is 0 Å². The van der Waals surface area contributed by atoms with Crippen LogP contribution in [0.4, 0.5) is 11.6 Å². The van der Waals surface area contributed by atoms with E-state index in [0.29, 0.717) is 0 Å². The summed E-state index contributed by atoms with van der Waals surface area (Å²) in [6, 6.07) is 21.5. The van der Waals surface area contributed by atoms with Crippen molar-refractivity contribution in [3.63, 3.8) is 0 Å². The van der Waals surface area contributed by atoms with Crippen LogP contribution in [0.15, 0.2) is 65.7 Å². The molecule has 2 aromatic carbocycles. The number of aliphatic imine (C=N–C) groups is 1. The Kier molecular flexibility index (Phi) is 12.3. The zero-order chi connectivity index (χ0) is 27.8. The lowest BCUT2D eigenvalue weighted by molar-refractivity contribution is 0.600. The fraction of sp³-hybridized carbons (Fsp3) is 0.500. The molecule has 0 bridgehead atoms. The fourth-order valence-corrected chi connectivity index (χ4v) is 5.13. The second kappa shape index (κ2) is 16.6. The first kappa shape index (κ1) is 29.6. The molecule has 0 amide bonds. The Morgan fingerprint density at radius 3 is 2.15 bits per heavy atom. The van der Waals surface area contributed by atoms with Crippen molar-refractivity contribution in [2.24, 2.45) is 4.99 Å². The van der Waals surface area contributed by atoms with Gasteiger partial charge in [0.05, 0.1) is 12.2 Å². The Labute approximate surface area is 241 Å². The number of nitrogens with zero attached hydrogens (tertiary/aromatic N) is 4. The van der Waals surface area contributed by atoms with Gasteiger partial charge in [0.15, 0.2) is 5.96 Å². The Balaban J connectivity index is 1.54. The first-order valence-electron chi connectivity index (χ1n) is 15.6. The highest BCUT2D eigenvalue weighted by atomic mass is 15.2. The van der Waals surface area contributed by atoms with E-state index in [1.54, 1.807) is 0 Å². The molecule has 4 rings (SSSR count). The van der Waals surface area contributed by atoms with Crippen LogP contribution >= 0.6 is 0 Å². The van der Waals surface area contributed by atoms with E-state index in [2.05, 4.69) is 95.0 Å². The van der Waals surface area contributed by atoms with Gasteiger partial charge in [0, 0.05) is 36.6 Å². The van der Waals surface area contributed by atoms with Crippen LogP contribution in [0.5, 0.6) is 0 Å². The van der Waals surface area contributed by atoms with Gasteiger partial charge in [-0.1, -0.05) is 94.8 Å². The molecule has 6 nitrogen and oxygen atoms in total. The molecule has 0 atom stereocenters. The number of rotatable bonds is 17. The molecule has 6 heteroatoms. The molecule has 40 heavy (non-hydrogen) atoms. The van der Waals surface area contributed by atoms with Crippen LogP contribution in [0.25, 0.3) is 11.3 Å². The molecule has 1 aliphatic rings. The number of nitrogens with one attached hydrogen (secondary N) is 2. The lowest BCUT2D eigenvalue weighted by Gasteiger charge is -2.24. The topological polar surface area (TPSA) is 65.4 Å². The average molecular weight is 541 g/mol. The van der Waals surface area contributed by atoms with Gasteiger partial charge < -0.3 is 15.5 Å². The molecule has 0 spiro atoms. The zero-order valence-electron chi connectivity index (χ0n) is 24.7. The minimum absolute atomic E-state index is 0.824. The second-order valence-electron chi connectivity index (χ2n) is 10.9. The van der Waals surface area contributed by atoms with Crippen molar-refractivity contribution in [1.82, 2.24) is 15.3 Å². The molecular weight excluding hydrogens is 492 g/mol. The van der Waals surface area contributed by atoms with Crippen LogP contribution in [-0.4, -0.2) is 42.1 Å². The van der Waals surface area contributed by atoms with Crippen LogP contribution in [0.2, 0.25) is 0 Å².